The van der Waals surface area contributed by atoms with E-state index in [0.717, 1.165) is 18.8 Å². The van der Waals surface area contributed by atoms with Crippen LogP contribution in [-0.2, 0) is 6.54 Å². The van der Waals surface area contributed by atoms with Gasteiger partial charge in [-0.3, -0.25) is 4.79 Å². The van der Waals surface area contributed by atoms with Crippen molar-refractivity contribution >= 4 is 5.69 Å². The number of aromatic nitrogens is 2. The van der Waals surface area contributed by atoms with Crippen LogP contribution in [0.5, 0.6) is 0 Å². The number of terminal acetylenes is 1. The Kier molecular flexibility index (Phi) is 2.72. The summed E-state index contributed by atoms with van der Waals surface area (Å²) in [5.41, 5.74) is 0.781. The summed E-state index contributed by atoms with van der Waals surface area (Å²) < 4.78 is 1.29. The van der Waals surface area contributed by atoms with E-state index >= 15 is 0 Å². The van der Waals surface area contributed by atoms with E-state index in [1.54, 1.807) is 12.3 Å². The minimum absolute atomic E-state index is 0.127. The summed E-state index contributed by atoms with van der Waals surface area (Å²) in [6.45, 7) is 2.26. The zero-order valence-electron chi connectivity index (χ0n) is 8.52. The van der Waals surface area contributed by atoms with E-state index in [4.69, 9.17) is 6.42 Å². The van der Waals surface area contributed by atoms with Crippen LogP contribution in [0.15, 0.2) is 17.1 Å². The molecule has 0 aromatic carbocycles. The van der Waals surface area contributed by atoms with Gasteiger partial charge in [-0.15, -0.1) is 6.42 Å². The molecule has 15 heavy (non-hydrogen) atoms. The molecule has 1 aliphatic rings. The molecule has 0 amide bonds. The summed E-state index contributed by atoms with van der Waals surface area (Å²) in [4.78, 5) is 13.7. The van der Waals surface area contributed by atoms with Crippen molar-refractivity contribution in [1.82, 2.24) is 9.78 Å². The first-order valence-corrected chi connectivity index (χ1v) is 5.07. The summed E-state index contributed by atoms with van der Waals surface area (Å²) in [6.07, 6.45) is 9.22. The van der Waals surface area contributed by atoms with Gasteiger partial charge in [0.25, 0.3) is 5.56 Å². The molecule has 0 unspecified atom stereocenters. The highest BCUT2D eigenvalue weighted by Crippen LogP contribution is 2.16. The van der Waals surface area contributed by atoms with Crippen molar-refractivity contribution in [3.05, 3.63) is 22.6 Å². The first-order chi connectivity index (χ1) is 7.31. The highest BCUT2D eigenvalue weighted by molar-refractivity contribution is 5.43. The summed E-state index contributed by atoms with van der Waals surface area (Å²) in [6, 6.07) is 1.61. The maximum absolute atomic E-state index is 11.6. The molecule has 0 N–H and O–H groups in total. The number of hydrogen-bond acceptors (Lipinski definition) is 3. The minimum atomic E-state index is -0.127. The van der Waals surface area contributed by atoms with E-state index in [9.17, 15) is 4.79 Å². The van der Waals surface area contributed by atoms with Gasteiger partial charge in [-0.25, -0.2) is 4.68 Å². The van der Waals surface area contributed by atoms with Crippen molar-refractivity contribution in [2.45, 2.75) is 19.4 Å². The van der Waals surface area contributed by atoms with Gasteiger partial charge < -0.3 is 4.90 Å². The van der Waals surface area contributed by atoms with Gasteiger partial charge in [-0.05, 0) is 12.8 Å². The van der Waals surface area contributed by atoms with Gasteiger partial charge in [0.15, 0.2) is 0 Å². The highest BCUT2D eigenvalue weighted by Gasteiger charge is 2.13. The lowest BCUT2D eigenvalue weighted by molar-refractivity contribution is 0.661. The molecule has 2 heterocycles. The maximum Gasteiger partial charge on any atom is 0.269 e. The van der Waals surface area contributed by atoms with Crippen molar-refractivity contribution in [2.75, 3.05) is 18.0 Å². The summed E-state index contributed by atoms with van der Waals surface area (Å²) in [7, 11) is 0. The van der Waals surface area contributed by atoms with E-state index < -0.39 is 0 Å². The van der Waals surface area contributed by atoms with E-state index in [1.165, 1.54) is 17.5 Å². The van der Waals surface area contributed by atoms with Gasteiger partial charge >= 0.3 is 0 Å². The zero-order valence-corrected chi connectivity index (χ0v) is 8.52. The molecule has 1 fully saturated rings. The van der Waals surface area contributed by atoms with Crippen LogP contribution in [0.4, 0.5) is 5.69 Å². The Morgan fingerprint density at radius 3 is 2.80 bits per heavy atom. The Bertz CT molecular complexity index is 438. The normalized spacial score (nSPS) is 15.3. The van der Waals surface area contributed by atoms with Gasteiger partial charge in [-0.2, -0.15) is 5.10 Å². The molecule has 0 radical (unpaired) electrons. The third kappa shape index (κ3) is 2.01. The van der Waals surface area contributed by atoms with Crippen molar-refractivity contribution in [2.24, 2.45) is 0 Å². The Hall–Kier alpha value is -1.76. The van der Waals surface area contributed by atoms with Crippen LogP contribution >= 0.6 is 0 Å². The standard InChI is InChI=1S/C11H13N3O/c1-2-5-14-11(15)8-10(9-12-14)13-6-3-4-7-13/h1,8-9H,3-7H2. The Morgan fingerprint density at radius 2 is 2.20 bits per heavy atom. The lowest BCUT2D eigenvalue weighted by Gasteiger charge is -2.16. The fraction of sp³-hybridized carbons (Fsp3) is 0.455. The topological polar surface area (TPSA) is 38.1 Å². The molecule has 0 bridgehead atoms. The van der Waals surface area contributed by atoms with Gasteiger partial charge in [0.1, 0.15) is 6.54 Å². The molecule has 2 rings (SSSR count). The van der Waals surface area contributed by atoms with Gasteiger partial charge in [0, 0.05) is 19.2 Å². The van der Waals surface area contributed by atoms with Crippen LogP contribution in [0.1, 0.15) is 12.8 Å². The van der Waals surface area contributed by atoms with E-state index in [-0.39, 0.29) is 12.1 Å². The van der Waals surface area contributed by atoms with Crippen molar-refractivity contribution in [3.63, 3.8) is 0 Å². The third-order valence-electron chi connectivity index (χ3n) is 2.57. The van der Waals surface area contributed by atoms with Crippen LogP contribution < -0.4 is 10.5 Å². The maximum atomic E-state index is 11.6. The van der Waals surface area contributed by atoms with Crippen LogP contribution in [0.3, 0.4) is 0 Å². The quantitative estimate of drug-likeness (QED) is 0.656. The second-order valence-electron chi connectivity index (χ2n) is 3.61. The first kappa shape index (κ1) is 9.78. The molecule has 1 saturated heterocycles. The fourth-order valence-corrected chi connectivity index (χ4v) is 1.78. The number of rotatable bonds is 2. The Balaban J connectivity index is 2.25. The molecule has 0 aliphatic carbocycles. The molecule has 0 spiro atoms. The molecular weight excluding hydrogens is 190 g/mol. The van der Waals surface area contributed by atoms with E-state index in [2.05, 4.69) is 15.9 Å². The molecular formula is C11H13N3O. The Labute approximate surface area is 88.5 Å². The monoisotopic (exact) mass is 203 g/mol. The highest BCUT2D eigenvalue weighted by atomic mass is 16.1. The summed E-state index contributed by atoms with van der Waals surface area (Å²) in [5.74, 6) is 2.40. The van der Waals surface area contributed by atoms with E-state index in [1.807, 2.05) is 0 Å². The lowest BCUT2D eigenvalue weighted by atomic mass is 10.4. The van der Waals surface area contributed by atoms with Crippen LogP contribution in [0.25, 0.3) is 0 Å². The average molecular weight is 203 g/mol. The number of anilines is 1. The summed E-state index contributed by atoms with van der Waals surface area (Å²) >= 11 is 0. The first-order valence-electron chi connectivity index (χ1n) is 5.07. The predicted molar refractivity (Wildman–Crippen MR) is 58.8 cm³/mol. The molecule has 4 heteroatoms. The molecule has 1 aromatic heterocycles. The predicted octanol–water partition coefficient (Wildman–Crippen LogP) is 0.477. The second kappa shape index (κ2) is 4.18. The zero-order chi connectivity index (χ0) is 10.7. The smallest absolute Gasteiger partial charge is 0.269 e. The van der Waals surface area contributed by atoms with Gasteiger partial charge in [0.05, 0.1) is 11.9 Å². The molecule has 0 saturated carbocycles. The fourth-order valence-electron chi connectivity index (χ4n) is 1.78. The molecule has 0 atom stereocenters. The van der Waals surface area contributed by atoms with Gasteiger partial charge in [0.2, 0.25) is 0 Å². The molecule has 4 nitrogen and oxygen atoms in total. The molecule has 1 aromatic rings. The Morgan fingerprint density at radius 1 is 1.47 bits per heavy atom. The SMILES string of the molecule is C#CCn1ncc(N2CCCC2)cc1=O. The van der Waals surface area contributed by atoms with Gasteiger partial charge in [-0.1, -0.05) is 5.92 Å². The van der Waals surface area contributed by atoms with Crippen LogP contribution in [0.2, 0.25) is 0 Å². The summed E-state index contributed by atoms with van der Waals surface area (Å²) in [5, 5.41) is 4.03. The number of hydrogen-bond donors (Lipinski definition) is 0. The number of nitrogens with zero attached hydrogens (tertiary/aromatic N) is 3. The van der Waals surface area contributed by atoms with Crippen molar-refractivity contribution in [3.8, 4) is 12.3 Å². The van der Waals surface area contributed by atoms with Crippen molar-refractivity contribution < 1.29 is 0 Å². The lowest BCUT2D eigenvalue weighted by Crippen LogP contribution is -2.25. The molecule has 78 valence electrons. The molecule has 1 aliphatic heterocycles. The van der Waals surface area contributed by atoms with E-state index in [0.29, 0.717) is 0 Å². The minimum Gasteiger partial charge on any atom is -0.370 e. The van der Waals surface area contributed by atoms with Crippen molar-refractivity contribution in [1.29, 1.82) is 0 Å². The van der Waals surface area contributed by atoms with Crippen LogP contribution in [-0.4, -0.2) is 22.9 Å². The largest absolute Gasteiger partial charge is 0.370 e. The van der Waals surface area contributed by atoms with Crippen LogP contribution in [0, 0.1) is 12.3 Å². The second-order valence-corrected chi connectivity index (χ2v) is 3.61. The average Bonchev–Trinajstić information content (AvgIpc) is 2.74. The third-order valence-corrected chi connectivity index (χ3v) is 2.57.